The van der Waals surface area contributed by atoms with E-state index in [4.69, 9.17) is 9.97 Å². The van der Waals surface area contributed by atoms with E-state index in [0.29, 0.717) is 5.92 Å². The maximum atomic E-state index is 4.88. The Morgan fingerprint density at radius 2 is 1.81 bits per heavy atom. The van der Waals surface area contributed by atoms with Gasteiger partial charge in [-0.05, 0) is 43.9 Å². The molecule has 2 aliphatic rings. The second kappa shape index (κ2) is 6.44. The van der Waals surface area contributed by atoms with Crippen molar-refractivity contribution in [3.05, 3.63) is 48.8 Å². The summed E-state index contributed by atoms with van der Waals surface area (Å²) in [6.07, 6.45) is 12.1. The highest BCUT2D eigenvalue weighted by atomic mass is 15.3. The largest absolute Gasteiger partial charge is 0.341 e. The van der Waals surface area contributed by atoms with Crippen LogP contribution in [-0.2, 0) is 0 Å². The Bertz CT molecular complexity index is 917. The second-order valence-electron chi connectivity index (χ2n) is 6.94. The van der Waals surface area contributed by atoms with Crippen molar-refractivity contribution in [2.45, 2.75) is 31.6 Å². The Labute approximate surface area is 152 Å². The number of aromatic nitrogens is 5. The van der Waals surface area contributed by atoms with Gasteiger partial charge in [0.2, 0.25) is 5.95 Å². The first-order valence-corrected chi connectivity index (χ1v) is 9.24. The third kappa shape index (κ3) is 2.92. The topological polar surface area (TPSA) is 67.7 Å². The minimum Gasteiger partial charge on any atom is -0.341 e. The van der Waals surface area contributed by atoms with Crippen molar-refractivity contribution in [3.63, 3.8) is 0 Å². The van der Waals surface area contributed by atoms with Crippen LogP contribution < -0.4 is 4.90 Å². The van der Waals surface area contributed by atoms with Gasteiger partial charge in [-0.1, -0.05) is 0 Å². The quantitative estimate of drug-likeness (QED) is 0.722. The number of pyridine rings is 1. The second-order valence-corrected chi connectivity index (χ2v) is 6.94. The fourth-order valence-corrected chi connectivity index (χ4v) is 3.41. The van der Waals surface area contributed by atoms with E-state index in [-0.39, 0.29) is 0 Å². The molecule has 4 heterocycles. The predicted octanol–water partition coefficient (Wildman–Crippen LogP) is 3.47. The van der Waals surface area contributed by atoms with Crippen LogP contribution in [0.25, 0.3) is 22.5 Å². The lowest BCUT2D eigenvalue weighted by Gasteiger charge is -2.16. The SMILES string of the molecule is c1cncc(-c2nc(C3CC3)ncc2-c2ccnc(N3CCCC3)n2)c1. The first kappa shape index (κ1) is 15.4. The Morgan fingerprint density at radius 1 is 0.923 bits per heavy atom. The van der Waals surface area contributed by atoms with E-state index in [1.807, 2.05) is 36.8 Å². The molecule has 0 spiro atoms. The molecule has 0 unspecified atom stereocenters. The van der Waals surface area contributed by atoms with Crippen molar-refractivity contribution >= 4 is 5.95 Å². The molecular formula is C20H20N6. The average molecular weight is 344 g/mol. The minimum atomic E-state index is 0.505. The van der Waals surface area contributed by atoms with E-state index in [1.165, 1.54) is 25.7 Å². The fraction of sp³-hybridized carbons (Fsp3) is 0.350. The van der Waals surface area contributed by atoms with Gasteiger partial charge in [-0.25, -0.2) is 19.9 Å². The molecule has 0 N–H and O–H groups in total. The minimum absolute atomic E-state index is 0.505. The lowest BCUT2D eigenvalue weighted by molar-refractivity contribution is 0.897. The molecule has 1 aliphatic carbocycles. The molecule has 0 radical (unpaired) electrons. The summed E-state index contributed by atoms with van der Waals surface area (Å²) in [5.74, 6) is 2.23. The molecule has 0 aromatic carbocycles. The van der Waals surface area contributed by atoms with Crippen LogP contribution in [0.1, 0.15) is 37.4 Å². The molecule has 2 fully saturated rings. The predicted molar refractivity (Wildman–Crippen MR) is 99.7 cm³/mol. The fourth-order valence-electron chi connectivity index (χ4n) is 3.41. The van der Waals surface area contributed by atoms with E-state index >= 15 is 0 Å². The van der Waals surface area contributed by atoms with Gasteiger partial charge in [0, 0.05) is 54.9 Å². The smallest absolute Gasteiger partial charge is 0.225 e. The van der Waals surface area contributed by atoms with Crippen LogP contribution >= 0.6 is 0 Å². The van der Waals surface area contributed by atoms with Gasteiger partial charge in [0.25, 0.3) is 0 Å². The van der Waals surface area contributed by atoms with E-state index in [0.717, 1.165) is 47.4 Å². The molecule has 1 saturated carbocycles. The van der Waals surface area contributed by atoms with Crippen molar-refractivity contribution < 1.29 is 0 Å². The van der Waals surface area contributed by atoms with E-state index in [9.17, 15) is 0 Å². The summed E-state index contributed by atoms with van der Waals surface area (Å²) in [6, 6.07) is 5.92. The summed E-state index contributed by atoms with van der Waals surface area (Å²) >= 11 is 0. The summed E-state index contributed by atoms with van der Waals surface area (Å²) in [4.78, 5) is 25.3. The van der Waals surface area contributed by atoms with E-state index in [1.54, 1.807) is 6.20 Å². The average Bonchev–Trinajstić information content (AvgIpc) is 3.42. The summed E-state index contributed by atoms with van der Waals surface area (Å²) in [6.45, 7) is 2.05. The van der Waals surface area contributed by atoms with Crippen molar-refractivity contribution in [1.29, 1.82) is 0 Å². The number of nitrogens with zero attached hydrogens (tertiary/aromatic N) is 6. The lowest BCUT2D eigenvalue weighted by atomic mass is 10.1. The standard InChI is InChI=1S/C20H20N6/c1-2-11-26(10-1)20-22-9-7-17(24-20)16-13-23-19(14-5-6-14)25-18(16)15-4-3-8-21-12-15/h3-4,7-9,12-14H,1-2,5-6,10-11H2. The van der Waals surface area contributed by atoms with Gasteiger partial charge >= 0.3 is 0 Å². The maximum absolute atomic E-state index is 4.88. The molecule has 1 saturated heterocycles. The van der Waals surface area contributed by atoms with Gasteiger partial charge in [-0.15, -0.1) is 0 Å². The van der Waals surface area contributed by atoms with Gasteiger partial charge in [-0.3, -0.25) is 4.98 Å². The van der Waals surface area contributed by atoms with Crippen LogP contribution in [0.4, 0.5) is 5.95 Å². The highest BCUT2D eigenvalue weighted by Gasteiger charge is 2.28. The molecule has 3 aromatic rings. The van der Waals surface area contributed by atoms with Crippen LogP contribution in [0, 0.1) is 0 Å². The zero-order valence-corrected chi connectivity index (χ0v) is 14.5. The van der Waals surface area contributed by atoms with Gasteiger partial charge in [0.15, 0.2) is 0 Å². The first-order chi connectivity index (χ1) is 12.9. The molecule has 0 atom stereocenters. The molecule has 0 amide bonds. The highest BCUT2D eigenvalue weighted by molar-refractivity contribution is 5.78. The number of anilines is 1. The molecule has 6 nitrogen and oxygen atoms in total. The Morgan fingerprint density at radius 3 is 2.58 bits per heavy atom. The van der Waals surface area contributed by atoms with Gasteiger partial charge in [0.05, 0.1) is 11.4 Å². The third-order valence-corrected chi connectivity index (χ3v) is 4.99. The summed E-state index contributed by atoms with van der Waals surface area (Å²) in [5, 5.41) is 0. The molecule has 5 rings (SSSR count). The Hall–Kier alpha value is -2.89. The van der Waals surface area contributed by atoms with Gasteiger partial charge < -0.3 is 4.90 Å². The molecule has 3 aromatic heterocycles. The molecule has 6 heteroatoms. The molecule has 0 bridgehead atoms. The zero-order chi connectivity index (χ0) is 17.3. The van der Waals surface area contributed by atoms with Crippen LogP contribution in [0.15, 0.2) is 43.0 Å². The highest BCUT2D eigenvalue weighted by Crippen LogP contribution is 2.40. The molecule has 130 valence electrons. The van der Waals surface area contributed by atoms with Crippen molar-refractivity contribution in [1.82, 2.24) is 24.9 Å². The lowest BCUT2D eigenvalue weighted by Crippen LogP contribution is -2.20. The van der Waals surface area contributed by atoms with Crippen LogP contribution in [0.5, 0.6) is 0 Å². The van der Waals surface area contributed by atoms with Gasteiger partial charge in [0.1, 0.15) is 5.82 Å². The van der Waals surface area contributed by atoms with Crippen molar-refractivity contribution in [3.8, 4) is 22.5 Å². The first-order valence-electron chi connectivity index (χ1n) is 9.24. The van der Waals surface area contributed by atoms with Crippen LogP contribution in [0.3, 0.4) is 0 Å². The molecule has 1 aliphatic heterocycles. The number of rotatable bonds is 4. The third-order valence-electron chi connectivity index (χ3n) is 4.99. The van der Waals surface area contributed by atoms with Crippen molar-refractivity contribution in [2.24, 2.45) is 0 Å². The van der Waals surface area contributed by atoms with Crippen LogP contribution in [0.2, 0.25) is 0 Å². The molecular weight excluding hydrogens is 324 g/mol. The maximum Gasteiger partial charge on any atom is 0.225 e. The Balaban J connectivity index is 1.61. The van der Waals surface area contributed by atoms with E-state index in [2.05, 4.69) is 19.9 Å². The molecule has 26 heavy (non-hydrogen) atoms. The number of hydrogen-bond donors (Lipinski definition) is 0. The number of hydrogen-bond acceptors (Lipinski definition) is 6. The van der Waals surface area contributed by atoms with Crippen LogP contribution in [-0.4, -0.2) is 38.0 Å². The summed E-state index contributed by atoms with van der Waals surface area (Å²) in [7, 11) is 0. The van der Waals surface area contributed by atoms with Gasteiger partial charge in [-0.2, -0.15) is 0 Å². The summed E-state index contributed by atoms with van der Waals surface area (Å²) in [5.41, 5.74) is 3.70. The normalized spacial score (nSPS) is 16.8. The zero-order valence-electron chi connectivity index (χ0n) is 14.5. The van der Waals surface area contributed by atoms with Crippen molar-refractivity contribution in [2.75, 3.05) is 18.0 Å². The van der Waals surface area contributed by atoms with E-state index < -0.39 is 0 Å². The Kier molecular flexibility index (Phi) is 3.81. The summed E-state index contributed by atoms with van der Waals surface area (Å²) < 4.78 is 0. The monoisotopic (exact) mass is 344 g/mol.